The van der Waals surface area contributed by atoms with E-state index in [1.807, 2.05) is 13.8 Å². The van der Waals surface area contributed by atoms with E-state index in [1.54, 1.807) is 0 Å². The minimum absolute atomic E-state index is 0.0237. The third-order valence-electron chi connectivity index (χ3n) is 1.22. The minimum atomic E-state index is -0.403. The fraction of sp³-hybridized carbons (Fsp3) is 0.500. The molecule has 1 aromatic heterocycles. The lowest BCUT2D eigenvalue weighted by Crippen LogP contribution is -2.27. The number of anilines is 1. The van der Waals surface area contributed by atoms with Crippen LogP contribution in [0, 0.1) is 0 Å². The lowest BCUT2D eigenvalue weighted by molar-refractivity contribution is 0.490. The zero-order valence-electron chi connectivity index (χ0n) is 6.48. The molecule has 60 valence electrons. The summed E-state index contributed by atoms with van der Waals surface area (Å²) in [7, 11) is 0. The Balaban J connectivity index is 3.21. The molecular formula is C6H10N4O. The maximum absolute atomic E-state index is 11.0. The first-order valence-corrected chi connectivity index (χ1v) is 3.32. The molecule has 0 aliphatic carbocycles. The molecule has 0 saturated heterocycles. The summed E-state index contributed by atoms with van der Waals surface area (Å²) < 4.78 is 1.27. The number of aromatic nitrogens is 3. The Hall–Kier alpha value is -1.39. The Morgan fingerprint density at radius 1 is 1.64 bits per heavy atom. The molecule has 0 aliphatic heterocycles. The molecule has 0 spiro atoms. The summed E-state index contributed by atoms with van der Waals surface area (Å²) in [6, 6.07) is 0.0237. The monoisotopic (exact) mass is 154 g/mol. The highest BCUT2D eigenvalue weighted by Gasteiger charge is 2.01. The molecule has 5 nitrogen and oxygen atoms in total. The molecule has 11 heavy (non-hydrogen) atoms. The summed E-state index contributed by atoms with van der Waals surface area (Å²) in [6.45, 7) is 3.71. The molecule has 0 saturated carbocycles. The molecule has 0 radical (unpaired) electrons. The van der Waals surface area contributed by atoms with E-state index >= 15 is 0 Å². The Morgan fingerprint density at radius 3 is 2.73 bits per heavy atom. The maximum atomic E-state index is 11.0. The number of nitrogen functional groups attached to an aromatic ring is 1. The van der Waals surface area contributed by atoms with Gasteiger partial charge in [-0.25, -0.2) is 9.48 Å². The fourth-order valence-electron chi connectivity index (χ4n) is 0.715. The third-order valence-corrected chi connectivity index (χ3v) is 1.22. The van der Waals surface area contributed by atoms with E-state index in [0.717, 1.165) is 0 Å². The lowest BCUT2D eigenvalue weighted by atomic mass is 10.4. The van der Waals surface area contributed by atoms with Gasteiger partial charge in [-0.2, -0.15) is 10.1 Å². The molecule has 0 fully saturated rings. The zero-order chi connectivity index (χ0) is 8.43. The van der Waals surface area contributed by atoms with Gasteiger partial charge in [-0.15, -0.1) is 0 Å². The van der Waals surface area contributed by atoms with Crippen LogP contribution in [0.15, 0.2) is 11.0 Å². The number of nitrogens with zero attached hydrogens (tertiary/aromatic N) is 3. The molecule has 5 heteroatoms. The van der Waals surface area contributed by atoms with Gasteiger partial charge in [0.25, 0.3) is 0 Å². The summed E-state index contributed by atoms with van der Waals surface area (Å²) in [5.41, 5.74) is 4.84. The van der Waals surface area contributed by atoms with Crippen molar-refractivity contribution in [2.45, 2.75) is 19.9 Å². The highest BCUT2D eigenvalue weighted by molar-refractivity contribution is 5.19. The zero-order valence-corrected chi connectivity index (χ0v) is 6.48. The Kier molecular flexibility index (Phi) is 1.89. The number of hydrogen-bond acceptors (Lipinski definition) is 4. The first-order chi connectivity index (χ1) is 5.11. The summed E-state index contributed by atoms with van der Waals surface area (Å²) in [5, 5.41) is 3.79. The maximum Gasteiger partial charge on any atom is 0.366 e. The van der Waals surface area contributed by atoms with Crippen LogP contribution in [0.2, 0.25) is 0 Å². The standard InChI is InChI=1S/C6H10N4O/c1-4(2)10-6(11)9-5(7)3-8-10/h3-4H,1-2H3,(H2,7,9,11). The molecule has 0 bridgehead atoms. The van der Waals surface area contributed by atoms with Crippen molar-refractivity contribution in [3.63, 3.8) is 0 Å². The van der Waals surface area contributed by atoms with Crippen LogP contribution in [-0.4, -0.2) is 14.8 Å². The minimum Gasteiger partial charge on any atom is -0.382 e. The Bertz CT molecular complexity index is 304. The highest BCUT2D eigenvalue weighted by atomic mass is 16.1. The Morgan fingerprint density at radius 2 is 2.27 bits per heavy atom. The van der Waals surface area contributed by atoms with Gasteiger partial charge in [0, 0.05) is 0 Å². The third kappa shape index (κ3) is 1.54. The van der Waals surface area contributed by atoms with E-state index < -0.39 is 5.69 Å². The molecule has 0 unspecified atom stereocenters. The van der Waals surface area contributed by atoms with Gasteiger partial charge in [0.15, 0.2) is 0 Å². The lowest BCUT2D eigenvalue weighted by Gasteiger charge is -2.05. The predicted molar refractivity (Wildman–Crippen MR) is 41.1 cm³/mol. The number of hydrogen-bond donors (Lipinski definition) is 1. The van der Waals surface area contributed by atoms with E-state index in [9.17, 15) is 4.79 Å². The van der Waals surface area contributed by atoms with E-state index in [1.165, 1.54) is 10.9 Å². The van der Waals surface area contributed by atoms with Crippen molar-refractivity contribution in [2.75, 3.05) is 5.73 Å². The van der Waals surface area contributed by atoms with Gasteiger partial charge >= 0.3 is 5.69 Å². The molecule has 0 aliphatic rings. The molecule has 2 N–H and O–H groups in total. The van der Waals surface area contributed by atoms with Gasteiger partial charge < -0.3 is 5.73 Å². The average Bonchev–Trinajstić information content (AvgIpc) is 1.85. The van der Waals surface area contributed by atoms with Gasteiger partial charge in [-0.05, 0) is 13.8 Å². The Labute approximate surface area is 63.9 Å². The normalized spacial score (nSPS) is 10.5. The van der Waals surface area contributed by atoms with Crippen molar-refractivity contribution in [3.8, 4) is 0 Å². The van der Waals surface area contributed by atoms with Crippen molar-refractivity contribution in [1.29, 1.82) is 0 Å². The van der Waals surface area contributed by atoms with Crippen molar-refractivity contribution in [3.05, 3.63) is 16.7 Å². The van der Waals surface area contributed by atoms with Crippen molar-refractivity contribution < 1.29 is 0 Å². The largest absolute Gasteiger partial charge is 0.382 e. The second-order valence-corrected chi connectivity index (χ2v) is 2.50. The van der Waals surface area contributed by atoms with E-state index in [-0.39, 0.29) is 11.9 Å². The summed E-state index contributed by atoms with van der Waals surface area (Å²) >= 11 is 0. The number of rotatable bonds is 1. The molecule has 1 aromatic rings. The average molecular weight is 154 g/mol. The van der Waals surface area contributed by atoms with E-state index in [4.69, 9.17) is 5.73 Å². The summed E-state index contributed by atoms with van der Waals surface area (Å²) in [4.78, 5) is 14.5. The smallest absolute Gasteiger partial charge is 0.366 e. The van der Waals surface area contributed by atoms with Crippen molar-refractivity contribution >= 4 is 5.82 Å². The molecular weight excluding hydrogens is 144 g/mol. The van der Waals surface area contributed by atoms with E-state index in [2.05, 4.69) is 10.1 Å². The van der Waals surface area contributed by atoms with Crippen LogP contribution in [0.25, 0.3) is 0 Å². The second kappa shape index (κ2) is 2.69. The van der Waals surface area contributed by atoms with Gasteiger partial charge in [0.1, 0.15) is 5.82 Å². The molecule has 1 heterocycles. The predicted octanol–water partition coefficient (Wildman–Crippen LogP) is -0.199. The topological polar surface area (TPSA) is 73.8 Å². The van der Waals surface area contributed by atoms with Gasteiger partial charge in [0.2, 0.25) is 0 Å². The van der Waals surface area contributed by atoms with Crippen LogP contribution in [0.1, 0.15) is 19.9 Å². The number of nitrogens with two attached hydrogens (primary N) is 1. The van der Waals surface area contributed by atoms with Gasteiger partial charge in [0.05, 0.1) is 12.2 Å². The van der Waals surface area contributed by atoms with Crippen LogP contribution in [0.3, 0.4) is 0 Å². The molecule has 0 atom stereocenters. The summed E-state index contributed by atoms with van der Waals surface area (Å²) in [6.07, 6.45) is 1.36. The van der Waals surface area contributed by atoms with Crippen LogP contribution < -0.4 is 11.4 Å². The quantitative estimate of drug-likeness (QED) is 0.608. The fourth-order valence-corrected chi connectivity index (χ4v) is 0.715. The van der Waals surface area contributed by atoms with E-state index in [0.29, 0.717) is 0 Å². The molecule has 0 amide bonds. The van der Waals surface area contributed by atoms with Crippen LogP contribution in [0.4, 0.5) is 5.82 Å². The first-order valence-electron chi connectivity index (χ1n) is 3.32. The highest BCUT2D eigenvalue weighted by Crippen LogP contribution is 1.95. The van der Waals surface area contributed by atoms with Crippen LogP contribution >= 0.6 is 0 Å². The summed E-state index contributed by atoms with van der Waals surface area (Å²) in [5.74, 6) is 0.159. The van der Waals surface area contributed by atoms with Crippen molar-refractivity contribution in [2.24, 2.45) is 0 Å². The second-order valence-electron chi connectivity index (χ2n) is 2.50. The van der Waals surface area contributed by atoms with Gasteiger partial charge in [-0.3, -0.25) is 0 Å². The van der Waals surface area contributed by atoms with Crippen LogP contribution in [-0.2, 0) is 0 Å². The molecule has 0 aromatic carbocycles. The van der Waals surface area contributed by atoms with Gasteiger partial charge in [-0.1, -0.05) is 0 Å². The van der Waals surface area contributed by atoms with Crippen LogP contribution in [0.5, 0.6) is 0 Å². The SMILES string of the molecule is CC(C)n1ncc(N)nc1=O. The first kappa shape index (κ1) is 7.71. The van der Waals surface area contributed by atoms with Crippen molar-refractivity contribution in [1.82, 2.24) is 14.8 Å². The molecule has 1 rings (SSSR count).